The fourth-order valence-electron chi connectivity index (χ4n) is 1.34. The predicted molar refractivity (Wildman–Crippen MR) is 61.1 cm³/mol. The zero-order valence-electron chi connectivity index (χ0n) is 8.92. The topological polar surface area (TPSA) is 12.4 Å². The number of nitrogens with zero attached hydrogens (tertiary/aromatic N) is 1. The highest BCUT2D eigenvalue weighted by molar-refractivity contribution is 5.55. The van der Waals surface area contributed by atoms with Crippen molar-refractivity contribution in [2.45, 2.75) is 39.5 Å². The molecule has 1 unspecified atom stereocenters. The quantitative estimate of drug-likeness (QED) is 0.414. The van der Waals surface area contributed by atoms with Crippen LogP contribution in [0, 0.1) is 5.92 Å². The zero-order chi connectivity index (χ0) is 10.1. The van der Waals surface area contributed by atoms with Gasteiger partial charge in [-0.3, -0.25) is 4.99 Å². The van der Waals surface area contributed by atoms with Gasteiger partial charge >= 0.3 is 0 Å². The molecule has 0 saturated carbocycles. The van der Waals surface area contributed by atoms with Gasteiger partial charge in [-0.2, -0.15) is 0 Å². The second kappa shape index (κ2) is 7.78. The number of rotatable bonds is 7. The van der Waals surface area contributed by atoms with Crippen molar-refractivity contribution in [1.29, 1.82) is 0 Å². The molecule has 1 atom stereocenters. The van der Waals surface area contributed by atoms with Crippen molar-refractivity contribution >= 4 is 6.21 Å². The molecule has 0 bridgehead atoms. The predicted octanol–water partition coefficient (Wildman–Crippen LogP) is 3.97. The summed E-state index contributed by atoms with van der Waals surface area (Å²) in [4.78, 5) is 4.23. The standard InChI is InChI=1S/C12H21N/c1-5-8-10-12(9-6-2)11(4)13-7-3/h6-7,12H,2,4-5,8-10H2,1,3H3. The first-order valence-corrected chi connectivity index (χ1v) is 5.04. The highest BCUT2D eigenvalue weighted by Crippen LogP contribution is 2.21. The fourth-order valence-corrected chi connectivity index (χ4v) is 1.34. The van der Waals surface area contributed by atoms with Gasteiger partial charge in [0.15, 0.2) is 0 Å². The minimum absolute atomic E-state index is 0.494. The summed E-state index contributed by atoms with van der Waals surface area (Å²) >= 11 is 0. The summed E-state index contributed by atoms with van der Waals surface area (Å²) in [6, 6.07) is 0. The van der Waals surface area contributed by atoms with Crippen LogP contribution < -0.4 is 0 Å². The zero-order valence-corrected chi connectivity index (χ0v) is 8.92. The Balaban J connectivity index is 4.05. The van der Waals surface area contributed by atoms with Gasteiger partial charge in [0.05, 0.1) is 0 Å². The Hall–Kier alpha value is -0.850. The Morgan fingerprint density at radius 1 is 1.54 bits per heavy atom. The van der Waals surface area contributed by atoms with E-state index in [2.05, 4.69) is 25.1 Å². The molecule has 0 aromatic rings. The van der Waals surface area contributed by atoms with E-state index < -0.39 is 0 Å². The molecule has 74 valence electrons. The molecule has 0 aliphatic carbocycles. The number of hydrogen-bond donors (Lipinski definition) is 0. The lowest BCUT2D eigenvalue weighted by Crippen LogP contribution is -2.00. The van der Waals surface area contributed by atoms with E-state index in [-0.39, 0.29) is 0 Å². The van der Waals surface area contributed by atoms with Crippen molar-refractivity contribution in [3.05, 3.63) is 24.9 Å². The maximum atomic E-state index is 4.23. The molecule has 0 rings (SSSR count). The summed E-state index contributed by atoms with van der Waals surface area (Å²) in [5, 5.41) is 0. The Labute approximate surface area is 82.3 Å². The van der Waals surface area contributed by atoms with Gasteiger partial charge in [0, 0.05) is 17.8 Å². The second-order valence-corrected chi connectivity index (χ2v) is 3.24. The van der Waals surface area contributed by atoms with Crippen LogP contribution in [0.5, 0.6) is 0 Å². The molecule has 0 radical (unpaired) electrons. The first kappa shape index (κ1) is 12.2. The van der Waals surface area contributed by atoms with Crippen LogP contribution in [0.15, 0.2) is 29.9 Å². The lowest BCUT2D eigenvalue weighted by Gasteiger charge is -2.13. The van der Waals surface area contributed by atoms with E-state index in [4.69, 9.17) is 0 Å². The highest BCUT2D eigenvalue weighted by atomic mass is 14.7. The largest absolute Gasteiger partial charge is 0.266 e. The van der Waals surface area contributed by atoms with E-state index in [0.717, 1.165) is 12.1 Å². The molecule has 0 aliphatic rings. The van der Waals surface area contributed by atoms with Crippen LogP contribution in [0.1, 0.15) is 39.5 Å². The van der Waals surface area contributed by atoms with Gasteiger partial charge in [-0.15, -0.1) is 6.58 Å². The SMILES string of the molecule is C=CCC(CCCC)C(=C)N=CC. The lowest BCUT2D eigenvalue weighted by molar-refractivity contribution is 0.533. The highest BCUT2D eigenvalue weighted by Gasteiger charge is 2.08. The van der Waals surface area contributed by atoms with Gasteiger partial charge in [-0.25, -0.2) is 0 Å². The van der Waals surface area contributed by atoms with Crippen LogP contribution in [0.25, 0.3) is 0 Å². The number of aliphatic imine (C=N–C) groups is 1. The second-order valence-electron chi connectivity index (χ2n) is 3.24. The maximum absolute atomic E-state index is 4.23. The Bertz CT molecular complexity index is 180. The third-order valence-electron chi connectivity index (χ3n) is 2.12. The fraction of sp³-hybridized carbons (Fsp3) is 0.583. The summed E-state index contributed by atoms with van der Waals surface area (Å²) in [6.45, 7) is 11.9. The Morgan fingerprint density at radius 2 is 2.23 bits per heavy atom. The molecular formula is C12H21N. The molecule has 0 fully saturated rings. The van der Waals surface area contributed by atoms with Crippen LogP contribution in [0.4, 0.5) is 0 Å². The molecule has 0 saturated heterocycles. The van der Waals surface area contributed by atoms with Crippen LogP contribution in [-0.4, -0.2) is 6.21 Å². The molecule has 0 amide bonds. The van der Waals surface area contributed by atoms with Crippen molar-refractivity contribution in [1.82, 2.24) is 0 Å². The van der Waals surface area contributed by atoms with Crippen molar-refractivity contribution in [2.75, 3.05) is 0 Å². The molecular weight excluding hydrogens is 158 g/mol. The molecule has 0 N–H and O–H groups in total. The van der Waals surface area contributed by atoms with Crippen LogP contribution in [-0.2, 0) is 0 Å². The van der Waals surface area contributed by atoms with Gasteiger partial charge in [-0.1, -0.05) is 32.4 Å². The molecule has 13 heavy (non-hydrogen) atoms. The molecule has 1 nitrogen and oxygen atoms in total. The number of unbranched alkanes of at least 4 members (excludes halogenated alkanes) is 1. The van der Waals surface area contributed by atoms with Gasteiger partial charge in [-0.05, 0) is 19.8 Å². The van der Waals surface area contributed by atoms with Crippen LogP contribution in [0.3, 0.4) is 0 Å². The molecule has 0 aromatic heterocycles. The van der Waals surface area contributed by atoms with E-state index >= 15 is 0 Å². The molecule has 0 aliphatic heterocycles. The molecule has 0 spiro atoms. The Kier molecular flexibility index (Phi) is 7.27. The summed E-state index contributed by atoms with van der Waals surface area (Å²) in [6.07, 6.45) is 8.42. The third-order valence-corrected chi connectivity index (χ3v) is 2.12. The summed E-state index contributed by atoms with van der Waals surface area (Å²) < 4.78 is 0. The van der Waals surface area contributed by atoms with E-state index in [1.807, 2.05) is 19.2 Å². The third kappa shape index (κ3) is 5.40. The van der Waals surface area contributed by atoms with E-state index in [1.54, 1.807) is 0 Å². The summed E-state index contributed by atoms with van der Waals surface area (Å²) in [5.41, 5.74) is 0.996. The van der Waals surface area contributed by atoms with Crippen molar-refractivity contribution in [2.24, 2.45) is 10.9 Å². The molecule has 1 heteroatoms. The first-order chi connectivity index (χ1) is 6.26. The maximum Gasteiger partial charge on any atom is 0.0361 e. The average Bonchev–Trinajstić information content (AvgIpc) is 2.12. The van der Waals surface area contributed by atoms with Crippen molar-refractivity contribution < 1.29 is 0 Å². The van der Waals surface area contributed by atoms with E-state index in [9.17, 15) is 0 Å². The minimum Gasteiger partial charge on any atom is -0.266 e. The van der Waals surface area contributed by atoms with E-state index in [0.29, 0.717) is 5.92 Å². The molecule has 0 aromatic carbocycles. The average molecular weight is 179 g/mol. The lowest BCUT2D eigenvalue weighted by atomic mass is 9.96. The van der Waals surface area contributed by atoms with Crippen molar-refractivity contribution in [3.8, 4) is 0 Å². The monoisotopic (exact) mass is 179 g/mol. The van der Waals surface area contributed by atoms with E-state index in [1.165, 1.54) is 19.3 Å². The molecule has 0 heterocycles. The summed E-state index contributed by atoms with van der Waals surface area (Å²) in [7, 11) is 0. The van der Waals surface area contributed by atoms with Crippen LogP contribution in [0.2, 0.25) is 0 Å². The van der Waals surface area contributed by atoms with Gasteiger partial charge in [0.2, 0.25) is 0 Å². The summed E-state index contributed by atoms with van der Waals surface area (Å²) in [5.74, 6) is 0.494. The van der Waals surface area contributed by atoms with Gasteiger partial charge < -0.3 is 0 Å². The number of hydrogen-bond acceptors (Lipinski definition) is 1. The van der Waals surface area contributed by atoms with Crippen LogP contribution >= 0.6 is 0 Å². The smallest absolute Gasteiger partial charge is 0.0361 e. The van der Waals surface area contributed by atoms with Gasteiger partial charge in [0.1, 0.15) is 0 Å². The first-order valence-electron chi connectivity index (χ1n) is 5.04. The normalized spacial score (nSPS) is 13.1. The Morgan fingerprint density at radius 3 is 2.69 bits per heavy atom. The van der Waals surface area contributed by atoms with Crippen molar-refractivity contribution in [3.63, 3.8) is 0 Å². The van der Waals surface area contributed by atoms with Gasteiger partial charge in [0.25, 0.3) is 0 Å². The number of allylic oxidation sites excluding steroid dienone is 2. The minimum atomic E-state index is 0.494.